The number of unbranched alkanes of at least 4 members (excludes halogenated alkanes) is 1. The summed E-state index contributed by atoms with van der Waals surface area (Å²) in [5, 5.41) is 10.5. The average molecular weight is 337 g/mol. The number of nitro groups is 1. The van der Waals surface area contributed by atoms with Crippen LogP contribution in [0.15, 0.2) is 10.3 Å². The lowest BCUT2D eigenvalue weighted by atomic mass is 10.3. The molecule has 1 aromatic heterocycles. The molecule has 0 radical (unpaired) electrons. The lowest BCUT2D eigenvalue weighted by molar-refractivity contribution is -0.383. The highest BCUT2D eigenvalue weighted by molar-refractivity contribution is 7.91. The number of nitrogens with two attached hydrogens (primary N) is 1. The Hall–Kier alpha value is -1.23. The van der Waals surface area contributed by atoms with Crippen molar-refractivity contribution in [2.24, 2.45) is 0 Å². The van der Waals surface area contributed by atoms with Gasteiger partial charge in [0.15, 0.2) is 5.00 Å². The summed E-state index contributed by atoms with van der Waals surface area (Å²) in [6.45, 7) is 4.67. The zero-order valence-corrected chi connectivity index (χ0v) is 13.5. The number of rotatable bonds is 9. The van der Waals surface area contributed by atoms with Crippen molar-refractivity contribution in [2.45, 2.75) is 37.0 Å². The zero-order chi connectivity index (χ0) is 16.0. The molecule has 0 aliphatic heterocycles. The Balaban J connectivity index is 2.50. The summed E-state index contributed by atoms with van der Waals surface area (Å²) in [5.74, 6) is 0. The van der Waals surface area contributed by atoms with Crippen LogP contribution in [0.1, 0.15) is 26.7 Å². The number of hydrogen-bond donors (Lipinski definition) is 2. The van der Waals surface area contributed by atoms with E-state index < -0.39 is 14.9 Å². The Labute approximate surface area is 127 Å². The summed E-state index contributed by atoms with van der Waals surface area (Å²) in [7, 11) is -3.76. The fourth-order valence-corrected chi connectivity index (χ4v) is 3.80. The van der Waals surface area contributed by atoms with Gasteiger partial charge in [0.25, 0.3) is 0 Å². The SMILES string of the molecule is CC(C)OCCCCNS(=O)(=O)c1cc([N+](=O)[O-])c(N)s1. The van der Waals surface area contributed by atoms with Crippen LogP contribution in [0.5, 0.6) is 0 Å². The molecule has 0 saturated carbocycles. The van der Waals surface area contributed by atoms with Gasteiger partial charge < -0.3 is 10.5 Å². The molecule has 0 saturated heterocycles. The highest BCUT2D eigenvalue weighted by atomic mass is 32.2. The second-order valence-electron chi connectivity index (χ2n) is 4.60. The first kappa shape index (κ1) is 17.8. The van der Waals surface area contributed by atoms with E-state index in [4.69, 9.17) is 10.5 Å². The molecule has 1 aromatic rings. The number of anilines is 1. The number of sulfonamides is 1. The number of hydrogen-bond acceptors (Lipinski definition) is 7. The van der Waals surface area contributed by atoms with Gasteiger partial charge >= 0.3 is 5.69 Å². The molecule has 0 bridgehead atoms. The van der Waals surface area contributed by atoms with Crippen molar-refractivity contribution in [3.63, 3.8) is 0 Å². The van der Waals surface area contributed by atoms with Gasteiger partial charge in [-0.05, 0) is 26.7 Å². The van der Waals surface area contributed by atoms with Crippen molar-refractivity contribution >= 4 is 32.0 Å². The maximum atomic E-state index is 12.0. The van der Waals surface area contributed by atoms with E-state index in [1.54, 1.807) is 0 Å². The van der Waals surface area contributed by atoms with Crippen LogP contribution in [0.25, 0.3) is 0 Å². The molecule has 8 nitrogen and oxygen atoms in total. The molecule has 0 amide bonds. The third-order valence-electron chi connectivity index (χ3n) is 2.49. The van der Waals surface area contributed by atoms with Gasteiger partial charge in [-0.3, -0.25) is 10.1 Å². The number of nitrogen functional groups attached to an aromatic ring is 1. The van der Waals surface area contributed by atoms with Crippen molar-refractivity contribution in [3.8, 4) is 0 Å². The van der Waals surface area contributed by atoms with Crippen LogP contribution in [0, 0.1) is 10.1 Å². The van der Waals surface area contributed by atoms with Gasteiger partial charge in [-0.1, -0.05) is 11.3 Å². The average Bonchev–Trinajstić information content (AvgIpc) is 2.76. The summed E-state index contributed by atoms with van der Waals surface area (Å²) >= 11 is 0.683. The highest BCUT2D eigenvalue weighted by Crippen LogP contribution is 2.34. The predicted molar refractivity (Wildman–Crippen MR) is 80.9 cm³/mol. The van der Waals surface area contributed by atoms with Gasteiger partial charge in [-0.25, -0.2) is 13.1 Å². The van der Waals surface area contributed by atoms with Crippen LogP contribution < -0.4 is 10.5 Å². The first-order valence-corrected chi connectivity index (χ1v) is 8.69. The van der Waals surface area contributed by atoms with Crippen LogP contribution >= 0.6 is 11.3 Å². The second kappa shape index (κ2) is 7.69. The molecule has 0 spiro atoms. The molecule has 3 N–H and O–H groups in total. The summed E-state index contributed by atoms with van der Waals surface area (Å²) in [6, 6.07) is 0.976. The van der Waals surface area contributed by atoms with E-state index in [9.17, 15) is 18.5 Å². The van der Waals surface area contributed by atoms with Crippen LogP contribution in [-0.4, -0.2) is 32.6 Å². The minimum Gasteiger partial charge on any atom is -0.385 e. The third-order valence-corrected chi connectivity index (χ3v) is 5.38. The van der Waals surface area contributed by atoms with E-state index in [0.29, 0.717) is 24.4 Å². The fraction of sp³-hybridized carbons (Fsp3) is 0.636. The number of nitrogens with one attached hydrogen (secondary N) is 1. The maximum Gasteiger partial charge on any atom is 0.304 e. The van der Waals surface area contributed by atoms with Gasteiger partial charge in [-0.2, -0.15) is 0 Å². The van der Waals surface area contributed by atoms with Crippen LogP contribution in [-0.2, 0) is 14.8 Å². The monoisotopic (exact) mass is 337 g/mol. The van der Waals surface area contributed by atoms with Crippen molar-refractivity contribution in [1.82, 2.24) is 4.72 Å². The zero-order valence-electron chi connectivity index (χ0n) is 11.9. The molecule has 0 aromatic carbocycles. The Morgan fingerprint density at radius 2 is 2.14 bits per heavy atom. The second-order valence-corrected chi connectivity index (χ2v) is 7.67. The van der Waals surface area contributed by atoms with E-state index in [-0.39, 0.29) is 27.5 Å². The number of ether oxygens (including phenoxy) is 1. The largest absolute Gasteiger partial charge is 0.385 e. The van der Waals surface area contributed by atoms with Crippen molar-refractivity contribution in [1.29, 1.82) is 0 Å². The molecule has 0 aliphatic rings. The van der Waals surface area contributed by atoms with E-state index in [2.05, 4.69) is 4.72 Å². The Morgan fingerprint density at radius 3 is 2.67 bits per heavy atom. The summed E-state index contributed by atoms with van der Waals surface area (Å²) in [6.07, 6.45) is 1.50. The molecule has 0 fully saturated rings. The third kappa shape index (κ3) is 5.58. The summed E-state index contributed by atoms with van der Waals surface area (Å²) < 4.78 is 31.5. The molecule has 10 heteroatoms. The number of thiophene rings is 1. The van der Waals surface area contributed by atoms with Crippen LogP contribution in [0.3, 0.4) is 0 Å². The quantitative estimate of drug-likeness (QED) is 0.401. The molecule has 0 aliphatic carbocycles. The first-order chi connectivity index (χ1) is 9.74. The standard InChI is InChI=1S/C11H19N3O5S2/c1-8(2)19-6-4-3-5-13-21(17,18)10-7-9(14(15)16)11(12)20-10/h7-8,13H,3-6,12H2,1-2H3. The summed E-state index contributed by atoms with van der Waals surface area (Å²) in [5.41, 5.74) is 5.05. The van der Waals surface area contributed by atoms with Crippen LogP contribution in [0.2, 0.25) is 0 Å². The van der Waals surface area contributed by atoms with E-state index in [1.807, 2.05) is 13.8 Å². The van der Waals surface area contributed by atoms with Crippen LogP contribution in [0.4, 0.5) is 10.7 Å². The fourth-order valence-electron chi connectivity index (χ4n) is 1.47. The van der Waals surface area contributed by atoms with E-state index in [1.165, 1.54) is 0 Å². The first-order valence-electron chi connectivity index (χ1n) is 6.39. The van der Waals surface area contributed by atoms with Gasteiger partial charge in [0.05, 0.1) is 11.0 Å². The molecule has 0 atom stereocenters. The molecular formula is C11H19N3O5S2. The molecule has 21 heavy (non-hydrogen) atoms. The van der Waals surface area contributed by atoms with E-state index in [0.717, 1.165) is 12.5 Å². The Bertz CT molecular complexity index is 583. The molecular weight excluding hydrogens is 318 g/mol. The Morgan fingerprint density at radius 1 is 1.48 bits per heavy atom. The predicted octanol–water partition coefficient (Wildman–Crippen LogP) is 1.72. The normalized spacial score (nSPS) is 12.0. The molecule has 0 unspecified atom stereocenters. The van der Waals surface area contributed by atoms with Gasteiger partial charge in [0.1, 0.15) is 4.21 Å². The van der Waals surface area contributed by atoms with Crippen molar-refractivity contribution < 1.29 is 18.1 Å². The minimum absolute atomic E-state index is 0.120. The minimum atomic E-state index is -3.76. The lowest BCUT2D eigenvalue weighted by Gasteiger charge is -2.07. The van der Waals surface area contributed by atoms with Gasteiger partial charge in [0.2, 0.25) is 10.0 Å². The molecule has 1 heterocycles. The summed E-state index contributed by atoms with van der Waals surface area (Å²) in [4.78, 5) is 9.95. The topological polar surface area (TPSA) is 125 Å². The smallest absolute Gasteiger partial charge is 0.304 e. The highest BCUT2D eigenvalue weighted by Gasteiger charge is 2.24. The molecule has 1 rings (SSSR count). The van der Waals surface area contributed by atoms with Gasteiger partial charge in [-0.15, -0.1) is 0 Å². The Kier molecular flexibility index (Phi) is 6.52. The maximum absolute atomic E-state index is 12.0. The molecule has 120 valence electrons. The van der Waals surface area contributed by atoms with E-state index >= 15 is 0 Å². The van der Waals surface area contributed by atoms with Gasteiger partial charge in [0, 0.05) is 19.2 Å². The number of nitrogens with zero attached hydrogens (tertiary/aromatic N) is 1. The van der Waals surface area contributed by atoms with Crippen molar-refractivity contribution in [2.75, 3.05) is 18.9 Å². The van der Waals surface area contributed by atoms with Crippen molar-refractivity contribution in [3.05, 3.63) is 16.2 Å². The lowest BCUT2D eigenvalue weighted by Crippen LogP contribution is -2.24.